The van der Waals surface area contributed by atoms with Gasteiger partial charge in [-0.3, -0.25) is 0 Å². The van der Waals surface area contributed by atoms with Crippen LogP contribution >= 0.6 is 0 Å². The minimum atomic E-state index is 0.751. The second-order valence-corrected chi connectivity index (χ2v) is 7.17. The van der Waals surface area contributed by atoms with Gasteiger partial charge in [0.25, 0.3) is 0 Å². The number of aryl methyl sites for hydroxylation is 1. The van der Waals surface area contributed by atoms with E-state index in [-0.39, 0.29) is 0 Å². The van der Waals surface area contributed by atoms with Gasteiger partial charge in [0.15, 0.2) is 5.82 Å². The van der Waals surface area contributed by atoms with Crippen LogP contribution in [0.1, 0.15) is 5.56 Å². The van der Waals surface area contributed by atoms with Crippen LogP contribution in [0.5, 0.6) is 0 Å². The molecule has 29 heavy (non-hydrogen) atoms. The molecular weight excluding hydrogens is 352 g/mol. The van der Waals surface area contributed by atoms with E-state index in [9.17, 15) is 0 Å². The average molecular weight is 372 g/mol. The summed E-state index contributed by atoms with van der Waals surface area (Å²) in [6.45, 7) is 2.12. The van der Waals surface area contributed by atoms with Crippen molar-refractivity contribution < 1.29 is 0 Å². The van der Waals surface area contributed by atoms with E-state index in [1.54, 1.807) is 0 Å². The molecule has 0 radical (unpaired) electrons. The lowest BCUT2D eigenvalue weighted by Gasteiger charge is -2.12. The number of hydrogen-bond acceptors (Lipinski definition) is 2. The molecule has 4 aromatic carbocycles. The highest BCUT2D eigenvalue weighted by Crippen LogP contribution is 2.31. The molecule has 2 nitrogen and oxygen atoms in total. The minimum Gasteiger partial charge on any atom is -0.228 e. The number of aromatic nitrogens is 2. The highest BCUT2D eigenvalue weighted by atomic mass is 14.9. The first-order chi connectivity index (χ1) is 14.3. The van der Waals surface area contributed by atoms with E-state index < -0.39 is 0 Å². The number of nitrogens with zero attached hydrogens (tertiary/aromatic N) is 2. The summed E-state index contributed by atoms with van der Waals surface area (Å²) >= 11 is 0. The van der Waals surface area contributed by atoms with Crippen LogP contribution < -0.4 is 0 Å². The summed E-state index contributed by atoms with van der Waals surface area (Å²) in [4.78, 5) is 9.97. The molecule has 0 aliphatic carbocycles. The van der Waals surface area contributed by atoms with Gasteiger partial charge in [-0.15, -0.1) is 0 Å². The van der Waals surface area contributed by atoms with E-state index in [1.165, 1.54) is 10.9 Å². The second kappa shape index (κ2) is 7.33. The molecule has 0 atom stereocenters. The first-order valence-electron chi connectivity index (χ1n) is 9.78. The summed E-state index contributed by atoms with van der Waals surface area (Å²) < 4.78 is 0. The van der Waals surface area contributed by atoms with Gasteiger partial charge in [0.2, 0.25) is 0 Å². The Balaban J connectivity index is 1.79. The Labute approximate surface area is 170 Å². The maximum Gasteiger partial charge on any atom is 0.161 e. The van der Waals surface area contributed by atoms with Gasteiger partial charge >= 0.3 is 0 Å². The second-order valence-electron chi connectivity index (χ2n) is 7.17. The summed E-state index contributed by atoms with van der Waals surface area (Å²) in [5.74, 6) is 0.751. The summed E-state index contributed by atoms with van der Waals surface area (Å²) in [7, 11) is 0. The van der Waals surface area contributed by atoms with Crippen molar-refractivity contribution in [3.8, 4) is 33.9 Å². The first kappa shape index (κ1) is 17.3. The fourth-order valence-corrected chi connectivity index (χ4v) is 3.74. The summed E-state index contributed by atoms with van der Waals surface area (Å²) in [6, 6.07) is 35.5. The van der Waals surface area contributed by atoms with E-state index in [1.807, 2.05) is 18.2 Å². The molecule has 0 bridgehead atoms. The SMILES string of the molecule is Cc1ccccc1-c1cc(-c2ccccc2)nc(-c2cccc3ccccc23)n1. The number of rotatable bonds is 3. The lowest BCUT2D eigenvalue weighted by Crippen LogP contribution is -1.97. The molecule has 1 heterocycles. The lowest BCUT2D eigenvalue weighted by atomic mass is 10.0. The zero-order valence-electron chi connectivity index (χ0n) is 16.2. The van der Waals surface area contributed by atoms with Crippen LogP contribution in [-0.2, 0) is 0 Å². The van der Waals surface area contributed by atoms with Gasteiger partial charge in [-0.2, -0.15) is 0 Å². The van der Waals surface area contributed by atoms with Crippen LogP contribution in [-0.4, -0.2) is 9.97 Å². The normalized spacial score (nSPS) is 10.9. The largest absolute Gasteiger partial charge is 0.228 e. The zero-order chi connectivity index (χ0) is 19.6. The molecule has 0 fully saturated rings. The molecular formula is C27H20N2. The van der Waals surface area contributed by atoms with Crippen molar-refractivity contribution in [1.82, 2.24) is 9.97 Å². The zero-order valence-corrected chi connectivity index (χ0v) is 16.2. The van der Waals surface area contributed by atoms with Crippen LogP contribution in [0.2, 0.25) is 0 Å². The van der Waals surface area contributed by atoms with E-state index in [4.69, 9.17) is 9.97 Å². The Hall–Kier alpha value is -3.78. The Bertz CT molecular complexity index is 1300. The van der Waals surface area contributed by atoms with Crippen molar-refractivity contribution in [3.05, 3.63) is 109 Å². The van der Waals surface area contributed by atoms with Gasteiger partial charge in [0.1, 0.15) is 0 Å². The summed E-state index contributed by atoms with van der Waals surface area (Å²) in [5.41, 5.74) is 6.35. The van der Waals surface area contributed by atoms with E-state index in [0.29, 0.717) is 0 Å². The van der Waals surface area contributed by atoms with Crippen LogP contribution in [0.25, 0.3) is 44.7 Å². The highest BCUT2D eigenvalue weighted by molar-refractivity contribution is 5.95. The fourth-order valence-electron chi connectivity index (χ4n) is 3.74. The monoisotopic (exact) mass is 372 g/mol. The topological polar surface area (TPSA) is 25.8 Å². The van der Waals surface area contributed by atoms with Crippen molar-refractivity contribution in [1.29, 1.82) is 0 Å². The van der Waals surface area contributed by atoms with Crippen LogP contribution in [0.4, 0.5) is 0 Å². The Morgan fingerprint density at radius 1 is 0.552 bits per heavy atom. The lowest BCUT2D eigenvalue weighted by molar-refractivity contribution is 1.18. The van der Waals surface area contributed by atoms with Crippen LogP contribution in [0, 0.1) is 6.92 Å². The molecule has 0 saturated heterocycles. The molecule has 0 spiro atoms. The maximum atomic E-state index is 5.00. The molecule has 0 aliphatic heterocycles. The van der Waals surface area contributed by atoms with Crippen molar-refractivity contribution in [3.63, 3.8) is 0 Å². The third kappa shape index (κ3) is 3.30. The molecule has 1 aromatic heterocycles. The van der Waals surface area contributed by atoms with Crippen molar-refractivity contribution >= 4 is 10.8 Å². The predicted molar refractivity (Wildman–Crippen MR) is 121 cm³/mol. The predicted octanol–water partition coefficient (Wildman–Crippen LogP) is 6.94. The first-order valence-corrected chi connectivity index (χ1v) is 9.78. The summed E-state index contributed by atoms with van der Waals surface area (Å²) in [6.07, 6.45) is 0. The van der Waals surface area contributed by atoms with E-state index >= 15 is 0 Å². The number of hydrogen-bond donors (Lipinski definition) is 0. The smallest absolute Gasteiger partial charge is 0.161 e. The van der Waals surface area contributed by atoms with Crippen LogP contribution in [0.3, 0.4) is 0 Å². The molecule has 0 saturated carbocycles. The van der Waals surface area contributed by atoms with Crippen molar-refractivity contribution in [2.75, 3.05) is 0 Å². The molecule has 5 aromatic rings. The molecule has 0 aliphatic rings. The van der Waals surface area contributed by atoms with Crippen LogP contribution in [0.15, 0.2) is 103 Å². The van der Waals surface area contributed by atoms with Gasteiger partial charge in [0, 0.05) is 16.7 Å². The van der Waals surface area contributed by atoms with Gasteiger partial charge in [-0.25, -0.2) is 9.97 Å². The molecule has 0 unspecified atom stereocenters. The van der Waals surface area contributed by atoms with Gasteiger partial charge < -0.3 is 0 Å². The Kier molecular flexibility index (Phi) is 4.38. The maximum absolute atomic E-state index is 5.00. The molecule has 5 rings (SSSR count). The third-order valence-corrected chi connectivity index (χ3v) is 5.25. The molecule has 2 heteroatoms. The van der Waals surface area contributed by atoms with E-state index in [0.717, 1.165) is 39.3 Å². The number of fused-ring (bicyclic) bond motifs is 1. The van der Waals surface area contributed by atoms with E-state index in [2.05, 4.69) is 91.9 Å². The standard InChI is InChI=1S/C27H20N2/c1-19-10-5-7-15-22(19)26-18-25(21-12-3-2-4-13-21)28-27(29-26)24-17-9-14-20-11-6-8-16-23(20)24/h2-18H,1H3. The molecule has 138 valence electrons. The van der Waals surface area contributed by atoms with Gasteiger partial charge in [0.05, 0.1) is 11.4 Å². The molecule has 0 N–H and O–H groups in total. The fraction of sp³-hybridized carbons (Fsp3) is 0.0370. The average Bonchev–Trinajstić information content (AvgIpc) is 2.79. The Morgan fingerprint density at radius 2 is 1.21 bits per heavy atom. The Morgan fingerprint density at radius 3 is 2.07 bits per heavy atom. The third-order valence-electron chi connectivity index (χ3n) is 5.25. The molecule has 0 amide bonds. The van der Waals surface area contributed by atoms with Crippen molar-refractivity contribution in [2.24, 2.45) is 0 Å². The van der Waals surface area contributed by atoms with Gasteiger partial charge in [-0.05, 0) is 29.3 Å². The summed E-state index contributed by atoms with van der Waals surface area (Å²) in [5, 5.41) is 2.35. The minimum absolute atomic E-state index is 0.751. The highest BCUT2D eigenvalue weighted by Gasteiger charge is 2.13. The van der Waals surface area contributed by atoms with Crippen molar-refractivity contribution in [2.45, 2.75) is 6.92 Å². The van der Waals surface area contributed by atoms with Gasteiger partial charge in [-0.1, -0.05) is 97.1 Å². The quantitative estimate of drug-likeness (QED) is 0.343. The number of benzene rings is 4.